The molecule has 0 heterocycles. The van der Waals surface area contributed by atoms with E-state index in [4.69, 9.17) is 0 Å². The predicted molar refractivity (Wildman–Crippen MR) is 82.2 cm³/mol. The second-order valence-corrected chi connectivity index (χ2v) is 5.54. The molecule has 2 aromatic rings. The van der Waals surface area contributed by atoms with Crippen molar-refractivity contribution in [3.8, 4) is 0 Å². The van der Waals surface area contributed by atoms with Gasteiger partial charge in [0.25, 0.3) is 0 Å². The van der Waals surface area contributed by atoms with Crippen molar-refractivity contribution in [2.75, 3.05) is 0 Å². The fourth-order valence-electron chi connectivity index (χ4n) is 2.51. The Morgan fingerprint density at radius 1 is 0.920 bits per heavy atom. The van der Waals surface area contributed by atoms with E-state index in [2.05, 4.69) is 5.32 Å². The van der Waals surface area contributed by atoms with E-state index < -0.39 is 53.0 Å². The molecule has 0 radical (unpaired) electrons. The van der Waals surface area contributed by atoms with Crippen molar-refractivity contribution in [3.05, 3.63) is 70.5 Å². The smallest absolute Gasteiger partial charge is 0.225 e. The number of hydrogen-bond acceptors (Lipinski definition) is 1. The van der Waals surface area contributed by atoms with Crippen LogP contribution in [-0.2, 0) is 11.2 Å². The molecule has 0 fully saturated rings. The van der Waals surface area contributed by atoms with Gasteiger partial charge in [0, 0.05) is 5.56 Å². The van der Waals surface area contributed by atoms with E-state index in [9.17, 15) is 26.7 Å². The molecular weight excluding hydrogens is 341 g/mol. The second kappa shape index (κ2) is 8.09. The SMILES string of the molecule is CCC[C@@H](NC(=O)Cc1c(F)c(F)c(F)c(F)c1F)c1ccccc1. The molecule has 1 N–H and O–H groups in total. The lowest BCUT2D eigenvalue weighted by Gasteiger charge is -2.19. The lowest BCUT2D eigenvalue weighted by Crippen LogP contribution is -2.30. The third-order valence-electron chi connectivity index (χ3n) is 3.75. The molecule has 2 nitrogen and oxygen atoms in total. The van der Waals surface area contributed by atoms with Gasteiger partial charge < -0.3 is 5.32 Å². The summed E-state index contributed by atoms with van der Waals surface area (Å²) in [6.07, 6.45) is 0.341. The highest BCUT2D eigenvalue weighted by atomic mass is 19.2. The van der Waals surface area contributed by atoms with Gasteiger partial charge in [0.05, 0.1) is 12.5 Å². The summed E-state index contributed by atoms with van der Waals surface area (Å²) in [7, 11) is 0. The van der Waals surface area contributed by atoms with Gasteiger partial charge in [-0.2, -0.15) is 0 Å². The Balaban J connectivity index is 2.22. The van der Waals surface area contributed by atoms with Crippen LogP contribution in [-0.4, -0.2) is 5.91 Å². The Kier molecular flexibility index (Phi) is 6.12. The Hall–Kier alpha value is -2.44. The molecule has 0 saturated heterocycles. The van der Waals surface area contributed by atoms with Crippen molar-refractivity contribution < 1.29 is 26.7 Å². The van der Waals surface area contributed by atoms with Gasteiger partial charge in [-0.15, -0.1) is 0 Å². The Labute approximate surface area is 141 Å². The van der Waals surface area contributed by atoms with Gasteiger partial charge in [-0.25, -0.2) is 22.0 Å². The molecule has 0 saturated carbocycles. The number of halogens is 5. The Bertz CT molecular complexity index is 735. The number of carbonyl (C=O) groups is 1. The van der Waals surface area contributed by atoms with Crippen molar-refractivity contribution in [1.82, 2.24) is 5.32 Å². The maximum atomic E-state index is 13.7. The first-order chi connectivity index (χ1) is 11.9. The van der Waals surface area contributed by atoms with Crippen LogP contribution in [0.15, 0.2) is 30.3 Å². The van der Waals surface area contributed by atoms with E-state index in [0.717, 1.165) is 12.0 Å². The molecule has 1 atom stereocenters. The van der Waals surface area contributed by atoms with Crippen molar-refractivity contribution in [1.29, 1.82) is 0 Å². The van der Waals surface area contributed by atoms with Crippen LogP contribution in [0.3, 0.4) is 0 Å². The van der Waals surface area contributed by atoms with Gasteiger partial charge >= 0.3 is 0 Å². The number of rotatable bonds is 6. The Morgan fingerprint density at radius 2 is 1.44 bits per heavy atom. The largest absolute Gasteiger partial charge is 0.349 e. The first-order valence-corrected chi connectivity index (χ1v) is 7.71. The molecule has 0 aliphatic carbocycles. The minimum absolute atomic E-state index is 0.417. The highest BCUT2D eigenvalue weighted by Crippen LogP contribution is 2.24. The van der Waals surface area contributed by atoms with E-state index in [0.29, 0.717) is 6.42 Å². The summed E-state index contributed by atoms with van der Waals surface area (Å²) in [4.78, 5) is 12.1. The zero-order valence-electron chi connectivity index (χ0n) is 13.4. The van der Waals surface area contributed by atoms with Crippen LogP contribution >= 0.6 is 0 Å². The highest BCUT2D eigenvalue weighted by molar-refractivity contribution is 5.79. The van der Waals surface area contributed by atoms with Gasteiger partial charge in [-0.05, 0) is 12.0 Å². The van der Waals surface area contributed by atoms with E-state index in [1.54, 1.807) is 30.3 Å². The molecule has 1 amide bonds. The lowest BCUT2D eigenvalue weighted by atomic mass is 10.0. The van der Waals surface area contributed by atoms with Crippen molar-refractivity contribution in [2.24, 2.45) is 0 Å². The van der Waals surface area contributed by atoms with Gasteiger partial charge in [-0.3, -0.25) is 4.79 Å². The molecule has 2 rings (SSSR count). The van der Waals surface area contributed by atoms with Gasteiger partial charge in [0.2, 0.25) is 11.7 Å². The number of benzene rings is 2. The third-order valence-corrected chi connectivity index (χ3v) is 3.75. The highest BCUT2D eigenvalue weighted by Gasteiger charge is 2.27. The topological polar surface area (TPSA) is 29.1 Å². The molecule has 0 unspecified atom stereocenters. The summed E-state index contributed by atoms with van der Waals surface area (Å²) in [5.41, 5.74) is -0.354. The number of carbonyl (C=O) groups excluding carboxylic acids is 1. The van der Waals surface area contributed by atoms with Crippen molar-refractivity contribution >= 4 is 5.91 Å². The van der Waals surface area contributed by atoms with E-state index in [-0.39, 0.29) is 0 Å². The quantitative estimate of drug-likeness (QED) is 0.458. The maximum absolute atomic E-state index is 13.7. The zero-order valence-corrected chi connectivity index (χ0v) is 13.4. The zero-order chi connectivity index (χ0) is 18.6. The number of nitrogens with one attached hydrogen (secondary N) is 1. The summed E-state index contributed by atoms with van der Waals surface area (Å²) < 4.78 is 66.8. The average molecular weight is 357 g/mol. The summed E-state index contributed by atoms with van der Waals surface area (Å²) in [5.74, 6) is -11.2. The van der Waals surface area contributed by atoms with E-state index in [1.807, 2.05) is 6.92 Å². The van der Waals surface area contributed by atoms with Gasteiger partial charge in [-0.1, -0.05) is 43.7 Å². The summed E-state index contributed by atoms with van der Waals surface area (Å²) in [6, 6.07) is 8.48. The average Bonchev–Trinajstić information content (AvgIpc) is 2.62. The van der Waals surface area contributed by atoms with Crippen LogP contribution in [0.2, 0.25) is 0 Å². The molecule has 0 aliphatic rings. The first kappa shape index (κ1) is 18.9. The van der Waals surface area contributed by atoms with Crippen molar-refractivity contribution in [2.45, 2.75) is 32.2 Å². The molecule has 25 heavy (non-hydrogen) atoms. The lowest BCUT2D eigenvalue weighted by molar-refractivity contribution is -0.121. The van der Waals surface area contributed by atoms with Crippen LogP contribution in [0, 0.1) is 29.1 Å². The molecule has 134 valence electrons. The minimum Gasteiger partial charge on any atom is -0.349 e. The normalized spacial score (nSPS) is 12.1. The standard InChI is InChI=1S/C18H16F5NO/c1-2-6-12(10-7-4-3-5-8-10)24-13(25)9-11-14(19)16(21)18(23)17(22)15(11)20/h3-5,7-8,12H,2,6,9H2,1H3,(H,24,25)/t12-/m1/s1. The van der Waals surface area contributed by atoms with E-state index in [1.165, 1.54) is 0 Å². The van der Waals surface area contributed by atoms with Gasteiger partial charge in [0.15, 0.2) is 23.3 Å². The molecule has 0 spiro atoms. The summed E-state index contributed by atoms with van der Waals surface area (Å²) in [6.45, 7) is 1.89. The molecule has 0 aliphatic heterocycles. The maximum Gasteiger partial charge on any atom is 0.225 e. The van der Waals surface area contributed by atoms with Crippen LogP contribution in [0.5, 0.6) is 0 Å². The van der Waals surface area contributed by atoms with Crippen LogP contribution in [0.1, 0.15) is 36.9 Å². The van der Waals surface area contributed by atoms with Crippen LogP contribution < -0.4 is 5.32 Å². The fraction of sp³-hybridized carbons (Fsp3) is 0.278. The molecule has 0 aromatic heterocycles. The van der Waals surface area contributed by atoms with Crippen molar-refractivity contribution in [3.63, 3.8) is 0 Å². The number of amides is 1. The monoisotopic (exact) mass is 357 g/mol. The minimum atomic E-state index is -2.24. The predicted octanol–water partition coefficient (Wildman–Crippen LogP) is 4.58. The number of hydrogen-bond donors (Lipinski definition) is 1. The van der Waals surface area contributed by atoms with Gasteiger partial charge in [0.1, 0.15) is 0 Å². The molecule has 7 heteroatoms. The van der Waals surface area contributed by atoms with Crippen LogP contribution in [0.4, 0.5) is 22.0 Å². The molecular formula is C18H16F5NO. The summed E-state index contributed by atoms with van der Waals surface area (Å²) >= 11 is 0. The second-order valence-electron chi connectivity index (χ2n) is 5.54. The summed E-state index contributed by atoms with van der Waals surface area (Å²) in [5, 5.41) is 2.58. The Morgan fingerprint density at radius 3 is 1.96 bits per heavy atom. The molecule has 0 bridgehead atoms. The van der Waals surface area contributed by atoms with E-state index >= 15 is 0 Å². The fourth-order valence-corrected chi connectivity index (χ4v) is 2.51. The van der Waals surface area contributed by atoms with Crippen LogP contribution in [0.25, 0.3) is 0 Å². The molecule has 2 aromatic carbocycles. The first-order valence-electron chi connectivity index (χ1n) is 7.71. The third kappa shape index (κ3) is 4.15.